The smallest absolute Gasteiger partial charge is 0.338 e. The number of aryl methyl sites for hydroxylation is 2. The highest BCUT2D eigenvalue weighted by molar-refractivity contribution is 7.90. The summed E-state index contributed by atoms with van der Waals surface area (Å²) in [6.07, 6.45) is 1.81. The molecular formula is C19H21NO5S. The lowest BCUT2D eigenvalue weighted by Crippen LogP contribution is -2.22. The standard InChI is InChI=1S/C19H21NO5S/c1-4-14-8-5-7-13(2)18(14)20-17(21)12-25-19(22)15-9-6-10-16(11-15)26(3,23)24/h5-11H,4,12H2,1-3H3,(H,20,21). The number of esters is 1. The Morgan fingerprint density at radius 3 is 2.46 bits per heavy atom. The molecule has 0 aliphatic carbocycles. The number of sulfone groups is 1. The third kappa shape index (κ3) is 4.92. The minimum absolute atomic E-state index is 0.0175. The van der Waals surface area contributed by atoms with E-state index in [1.165, 1.54) is 24.3 Å². The average Bonchev–Trinajstić information content (AvgIpc) is 2.60. The first-order chi connectivity index (χ1) is 12.2. The molecule has 2 rings (SSSR count). The highest BCUT2D eigenvalue weighted by Crippen LogP contribution is 2.21. The predicted molar refractivity (Wildman–Crippen MR) is 99.0 cm³/mol. The normalized spacial score (nSPS) is 11.0. The van der Waals surface area contributed by atoms with Gasteiger partial charge in [0.25, 0.3) is 5.91 Å². The summed E-state index contributed by atoms with van der Waals surface area (Å²) in [5, 5.41) is 2.76. The number of carbonyl (C=O) groups excluding carboxylic acids is 2. The first kappa shape index (κ1) is 19.7. The zero-order valence-corrected chi connectivity index (χ0v) is 15.7. The first-order valence-corrected chi connectivity index (χ1v) is 9.97. The van der Waals surface area contributed by atoms with Crippen molar-refractivity contribution in [2.24, 2.45) is 0 Å². The van der Waals surface area contributed by atoms with E-state index in [2.05, 4.69) is 5.32 Å². The summed E-state index contributed by atoms with van der Waals surface area (Å²) in [6, 6.07) is 11.2. The van der Waals surface area contributed by atoms with Gasteiger partial charge in [0.2, 0.25) is 0 Å². The minimum Gasteiger partial charge on any atom is -0.452 e. The molecule has 0 aromatic heterocycles. The van der Waals surface area contributed by atoms with Crippen LogP contribution >= 0.6 is 0 Å². The summed E-state index contributed by atoms with van der Waals surface area (Å²) in [6.45, 7) is 3.41. The van der Waals surface area contributed by atoms with Gasteiger partial charge in [-0.05, 0) is 42.7 Å². The van der Waals surface area contributed by atoms with Gasteiger partial charge in [0, 0.05) is 11.9 Å². The van der Waals surface area contributed by atoms with Gasteiger partial charge in [0.1, 0.15) is 0 Å². The number of para-hydroxylation sites is 1. The van der Waals surface area contributed by atoms with E-state index >= 15 is 0 Å². The van der Waals surface area contributed by atoms with E-state index < -0.39 is 28.3 Å². The van der Waals surface area contributed by atoms with Crippen LogP contribution in [0.5, 0.6) is 0 Å². The van der Waals surface area contributed by atoms with Crippen molar-refractivity contribution >= 4 is 27.4 Å². The summed E-state index contributed by atoms with van der Waals surface area (Å²) < 4.78 is 28.1. The molecule has 0 saturated heterocycles. The minimum atomic E-state index is -3.43. The van der Waals surface area contributed by atoms with E-state index in [9.17, 15) is 18.0 Å². The highest BCUT2D eigenvalue weighted by Gasteiger charge is 2.15. The van der Waals surface area contributed by atoms with Crippen LogP contribution in [0.15, 0.2) is 47.4 Å². The van der Waals surface area contributed by atoms with Crippen molar-refractivity contribution < 1.29 is 22.7 Å². The average molecular weight is 375 g/mol. The Labute approximate surface area is 153 Å². The van der Waals surface area contributed by atoms with Crippen LogP contribution in [0.25, 0.3) is 0 Å². The molecule has 0 saturated carbocycles. The van der Waals surface area contributed by atoms with Crippen molar-refractivity contribution in [2.45, 2.75) is 25.2 Å². The molecule has 0 spiro atoms. The van der Waals surface area contributed by atoms with Crippen LogP contribution in [0, 0.1) is 6.92 Å². The van der Waals surface area contributed by atoms with Crippen LogP contribution < -0.4 is 5.32 Å². The molecule has 26 heavy (non-hydrogen) atoms. The van der Waals surface area contributed by atoms with Crippen molar-refractivity contribution in [1.29, 1.82) is 0 Å². The summed E-state index contributed by atoms with van der Waals surface area (Å²) in [4.78, 5) is 24.2. The molecule has 0 aliphatic heterocycles. The topological polar surface area (TPSA) is 89.5 Å². The van der Waals surface area contributed by atoms with Gasteiger partial charge >= 0.3 is 5.97 Å². The molecule has 0 aliphatic rings. The summed E-state index contributed by atoms with van der Waals surface area (Å²) in [5.41, 5.74) is 2.70. The maximum Gasteiger partial charge on any atom is 0.338 e. The Morgan fingerprint density at radius 1 is 1.12 bits per heavy atom. The molecule has 2 aromatic carbocycles. The molecule has 0 bridgehead atoms. The van der Waals surface area contributed by atoms with Gasteiger partial charge in [0.05, 0.1) is 10.5 Å². The van der Waals surface area contributed by atoms with E-state index in [0.717, 1.165) is 29.5 Å². The van der Waals surface area contributed by atoms with Gasteiger partial charge in [-0.2, -0.15) is 0 Å². The van der Waals surface area contributed by atoms with Crippen LogP contribution in [0.1, 0.15) is 28.4 Å². The Kier molecular flexibility index (Phi) is 6.15. The lowest BCUT2D eigenvalue weighted by atomic mass is 10.1. The van der Waals surface area contributed by atoms with E-state index in [-0.39, 0.29) is 10.5 Å². The van der Waals surface area contributed by atoms with Gasteiger partial charge in [-0.3, -0.25) is 4.79 Å². The number of amides is 1. The quantitative estimate of drug-likeness (QED) is 0.784. The van der Waals surface area contributed by atoms with Crippen molar-refractivity contribution in [3.8, 4) is 0 Å². The monoisotopic (exact) mass is 375 g/mol. The third-order valence-corrected chi connectivity index (χ3v) is 4.95. The van der Waals surface area contributed by atoms with Gasteiger partial charge in [0.15, 0.2) is 16.4 Å². The Morgan fingerprint density at radius 2 is 1.81 bits per heavy atom. The summed E-state index contributed by atoms with van der Waals surface area (Å²) in [5.74, 6) is -1.22. The van der Waals surface area contributed by atoms with E-state index in [1.807, 2.05) is 32.0 Å². The molecule has 0 atom stereocenters. The van der Waals surface area contributed by atoms with Gasteiger partial charge in [-0.1, -0.05) is 31.2 Å². The predicted octanol–water partition coefficient (Wildman–Crippen LogP) is 2.76. The molecule has 138 valence electrons. The second kappa shape index (κ2) is 8.14. The Balaban J connectivity index is 2.03. The maximum absolute atomic E-state index is 12.1. The van der Waals surface area contributed by atoms with E-state index in [0.29, 0.717) is 0 Å². The van der Waals surface area contributed by atoms with Crippen LogP contribution in [0.3, 0.4) is 0 Å². The van der Waals surface area contributed by atoms with Crippen LogP contribution in [-0.4, -0.2) is 33.2 Å². The zero-order valence-electron chi connectivity index (χ0n) is 14.9. The van der Waals surface area contributed by atoms with E-state index in [1.54, 1.807) is 0 Å². The second-order valence-electron chi connectivity index (χ2n) is 5.89. The number of ether oxygens (including phenoxy) is 1. The molecule has 1 amide bonds. The fourth-order valence-corrected chi connectivity index (χ4v) is 3.11. The molecule has 0 unspecified atom stereocenters. The Hall–Kier alpha value is -2.67. The van der Waals surface area contributed by atoms with Crippen LogP contribution in [0.4, 0.5) is 5.69 Å². The first-order valence-electron chi connectivity index (χ1n) is 8.08. The number of nitrogens with one attached hydrogen (secondary N) is 1. The molecule has 0 heterocycles. The van der Waals surface area contributed by atoms with Gasteiger partial charge in [-0.15, -0.1) is 0 Å². The van der Waals surface area contributed by atoms with Crippen molar-refractivity contribution in [3.63, 3.8) is 0 Å². The molecule has 7 heteroatoms. The van der Waals surface area contributed by atoms with Crippen molar-refractivity contribution in [2.75, 3.05) is 18.2 Å². The number of hydrogen-bond donors (Lipinski definition) is 1. The third-order valence-electron chi connectivity index (χ3n) is 3.84. The van der Waals surface area contributed by atoms with Gasteiger partial charge < -0.3 is 10.1 Å². The number of benzene rings is 2. The number of anilines is 1. The molecule has 1 N–H and O–H groups in total. The van der Waals surface area contributed by atoms with Gasteiger partial charge in [-0.25, -0.2) is 13.2 Å². The van der Waals surface area contributed by atoms with Crippen molar-refractivity contribution in [3.05, 3.63) is 59.2 Å². The molecule has 0 fully saturated rings. The summed E-state index contributed by atoms with van der Waals surface area (Å²) >= 11 is 0. The van der Waals surface area contributed by atoms with Crippen molar-refractivity contribution in [1.82, 2.24) is 0 Å². The molecule has 0 radical (unpaired) electrons. The highest BCUT2D eigenvalue weighted by atomic mass is 32.2. The largest absolute Gasteiger partial charge is 0.452 e. The molecule has 2 aromatic rings. The van der Waals surface area contributed by atoms with Crippen LogP contribution in [-0.2, 0) is 25.8 Å². The fraction of sp³-hybridized carbons (Fsp3) is 0.263. The lowest BCUT2D eigenvalue weighted by Gasteiger charge is -2.13. The second-order valence-corrected chi connectivity index (χ2v) is 7.90. The fourth-order valence-electron chi connectivity index (χ4n) is 2.45. The maximum atomic E-state index is 12.1. The van der Waals surface area contributed by atoms with Crippen LogP contribution in [0.2, 0.25) is 0 Å². The SMILES string of the molecule is CCc1cccc(C)c1NC(=O)COC(=O)c1cccc(S(C)(=O)=O)c1. The molecular weight excluding hydrogens is 354 g/mol. The molecule has 6 nitrogen and oxygen atoms in total. The number of rotatable bonds is 6. The zero-order chi connectivity index (χ0) is 19.3. The lowest BCUT2D eigenvalue weighted by molar-refractivity contribution is -0.119. The number of carbonyl (C=O) groups is 2. The number of hydrogen-bond acceptors (Lipinski definition) is 5. The Bertz CT molecular complexity index is 935. The summed E-state index contributed by atoms with van der Waals surface area (Å²) in [7, 11) is -3.43. The van der Waals surface area contributed by atoms with E-state index in [4.69, 9.17) is 4.74 Å².